The average Bonchev–Trinajstić information content (AvgIpc) is 3.73. The fourth-order valence-corrected chi connectivity index (χ4v) is 6.16. The molecule has 0 aromatic rings. The zero-order valence-electron chi connectivity index (χ0n) is 28.7. The molecule has 0 radical (unpaired) electrons. The maximum Gasteiger partial charge on any atom is 0.410 e. The second kappa shape index (κ2) is 16.0. The maximum atomic E-state index is 13.1. The van der Waals surface area contributed by atoms with Gasteiger partial charge in [-0.2, -0.15) is 0 Å². The lowest BCUT2D eigenvalue weighted by atomic mass is 9.88. The van der Waals surface area contributed by atoms with E-state index in [4.69, 9.17) is 14.2 Å². The number of esters is 1. The Kier molecular flexibility index (Phi) is 13.3. The smallest absolute Gasteiger partial charge is 0.410 e. The fraction of sp³-hybridized carbons (Fsp3) is 0.771. The first-order valence-corrected chi connectivity index (χ1v) is 16.8. The van der Waals surface area contributed by atoms with Crippen LogP contribution in [0.2, 0.25) is 0 Å². The molecule has 0 spiro atoms. The lowest BCUT2D eigenvalue weighted by molar-refractivity contribution is -0.894. The lowest BCUT2D eigenvalue weighted by Crippen LogP contribution is -2.57. The lowest BCUT2D eigenvalue weighted by Gasteiger charge is -2.39. The Balaban J connectivity index is 1.71. The molecule has 0 aromatic heterocycles. The molecule has 10 atom stereocenters. The highest BCUT2D eigenvalue weighted by atomic mass is 16.6. The van der Waals surface area contributed by atoms with E-state index in [-0.39, 0.29) is 55.3 Å². The predicted octanol–water partition coefficient (Wildman–Crippen LogP) is 3.99. The van der Waals surface area contributed by atoms with E-state index in [1.165, 1.54) is 0 Å². The van der Waals surface area contributed by atoms with Crippen molar-refractivity contribution in [3.05, 3.63) is 36.0 Å². The highest BCUT2D eigenvalue weighted by Gasteiger charge is 2.45. The Morgan fingerprint density at radius 3 is 2.56 bits per heavy atom. The van der Waals surface area contributed by atoms with Crippen LogP contribution in [0.15, 0.2) is 36.0 Å². The Bertz CT molecular complexity index is 1080. The highest BCUT2D eigenvalue weighted by Crippen LogP contribution is 2.36. The van der Waals surface area contributed by atoms with Crippen molar-refractivity contribution in [1.82, 2.24) is 4.90 Å². The topological polar surface area (TPSA) is 129 Å². The minimum Gasteiger partial charge on any atom is -0.457 e. The van der Waals surface area contributed by atoms with Gasteiger partial charge >= 0.3 is 12.1 Å². The molecule has 3 heterocycles. The molecule has 45 heavy (non-hydrogen) atoms. The molecule has 0 bridgehead atoms. The molecule has 2 saturated heterocycles. The molecule has 3 N–H and O–H groups in total. The highest BCUT2D eigenvalue weighted by molar-refractivity contribution is 5.70. The quantitative estimate of drug-likeness (QED) is 0.114. The van der Waals surface area contributed by atoms with Crippen LogP contribution in [0.5, 0.6) is 0 Å². The van der Waals surface area contributed by atoms with Crippen LogP contribution in [0.4, 0.5) is 4.79 Å². The van der Waals surface area contributed by atoms with Crippen LogP contribution >= 0.6 is 0 Å². The minimum atomic E-state index is -1.45. The van der Waals surface area contributed by atoms with Crippen LogP contribution in [0.1, 0.15) is 73.6 Å². The third-order valence-corrected chi connectivity index (χ3v) is 9.78. The summed E-state index contributed by atoms with van der Waals surface area (Å²) in [5, 5.41) is 32.1. The van der Waals surface area contributed by atoms with E-state index in [0.717, 1.165) is 29.6 Å². The van der Waals surface area contributed by atoms with Crippen LogP contribution in [0.25, 0.3) is 0 Å². The SMILES string of the molecule is CC[C@H](O)[C@@H](C)[C@H]1O[C@@H]1C[C@H](C)C=CC=C(C)[C@H]1OC(=O)C[C@H](O)CC[C@@](C)(O)[C@@H](OC(=O)N2CC[N+](C)(C)CC2)C=C[C@@H]1C. The minimum absolute atomic E-state index is 0.0989. The Morgan fingerprint density at radius 1 is 1.24 bits per heavy atom. The first-order chi connectivity index (χ1) is 21.0. The van der Waals surface area contributed by atoms with Gasteiger partial charge in [-0.15, -0.1) is 0 Å². The molecule has 0 saturated carbocycles. The van der Waals surface area contributed by atoms with Crippen molar-refractivity contribution < 1.29 is 43.6 Å². The third-order valence-electron chi connectivity index (χ3n) is 9.78. The number of ether oxygens (including phenoxy) is 3. The number of nitrogens with zero attached hydrogens (tertiary/aromatic N) is 2. The van der Waals surface area contributed by atoms with Crippen LogP contribution in [0.3, 0.4) is 0 Å². The largest absolute Gasteiger partial charge is 0.457 e. The first-order valence-electron chi connectivity index (χ1n) is 16.8. The summed E-state index contributed by atoms with van der Waals surface area (Å²) in [4.78, 5) is 27.6. The van der Waals surface area contributed by atoms with Crippen molar-refractivity contribution >= 4 is 12.1 Å². The van der Waals surface area contributed by atoms with Crippen molar-refractivity contribution in [3.8, 4) is 0 Å². The van der Waals surface area contributed by atoms with Gasteiger partial charge in [0.25, 0.3) is 0 Å². The molecule has 10 heteroatoms. The Hall–Kier alpha value is -2.24. The van der Waals surface area contributed by atoms with Gasteiger partial charge in [0.1, 0.15) is 11.7 Å². The molecule has 1 amide bonds. The monoisotopic (exact) mass is 635 g/mol. The van der Waals surface area contributed by atoms with Crippen LogP contribution in [0, 0.1) is 17.8 Å². The number of cyclic esters (lactones) is 1. The standard InChI is InChI=1S/C35H59N2O8/c1-9-28(39)26(5)33-29(43-33)21-23(2)11-10-12-24(3)32-25(4)13-14-30(35(6,42)16-15-27(38)22-31(40)45-32)44-34(41)36-17-19-37(7,8)20-18-36/h10-14,23,25-30,32-33,38-39,42H,9,15-22H2,1-8H3/q+1/t23-,25+,26-,27-,28+,29-,30+,32-,33-,35-/m1/s1. The summed E-state index contributed by atoms with van der Waals surface area (Å²) in [6.07, 6.45) is 8.05. The second-order valence-electron chi connectivity index (χ2n) is 14.6. The van der Waals surface area contributed by atoms with Gasteiger partial charge in [-0.25, -0.2) is 4.79 Å². The van der Waals surface area contributed by atoms with E-state index in [0.29, 0.717) is 19.5 Å². The average molecular weight is 636 g/mol. The number of allylic oxidation sites excluding steroid dienone is 3. The summed E-state index contributed by atoms with van der Waals surface area (Å²) in [6.45, 7) is 14.3. The van der Waals surface area contributed by atoms with Crippen molar-refractivity contribution in [1.29, 1.82) is 0 Å². The summed E-state index contributed by atoms with van der Waals surface area (Å²) < 4.78 is 18.4. The number of amides is 1. The number of carbonyl (C=O) groups is 2. The van der Waals surface area contributed by atoms with E-state index >= 15 is 0 Å². The van der Waals surface area contributed by atoms with Crippen molar-refractivity contribution in [3.63, 3.8) is 0 Å². The van der Waals surface area contributed by atoms with E-state index in [1.807, 2.05) is 45.9 Å². The molecule has 3 aliphatic rings. The number of rotatable bonds is 9. The van der Waals surface area contributed by atoms with E-state index in [9.17, 15) is 24.9 Å². The molecular formula is C35H59N2O8+. The fourth-order valence-electron chi connectivity index (χ4n) is 6.16. The van der Waals surface area contributed by atoms with Gasteiger partial charge in [0, 0.05) is 11.8 Å². The molecule has 3 rings (SSSR count). The number of piperazine rings is 1. The van der Waals surface area contributed by atoms with Gasteiger partial charge in [0.05, 0.1) is 71.1 Å². The zero-order chi connectivity index (χ0) is 33.5. The molecule has 256 valence electrons. The summed E-state index contributed by atoms with van der Waals surface area (Å²) in [5.41, 5.74) is -0.623. The normalized spacial score (nSPS) is 35.1. The van der Waals surface area contributed by atoms with Crippen molar-refractivity contribution in [2.45, 2.75) is 116 Å². The van der Waals surface area contributed by atoms with Gasteiger partial charge in [0.15, 0.2) is 6.10 Å². The van der Waals surface area contributed by atoms with Crippen LogP contribution in [-0.2, 0) is 19.0 Å². The molecular weight excluding hydrogens is 576 g/mol. The van der Waals surface area contributed by atoms with Gasteiger partial charge in [-0.05, 0) is 57.1 Å². The maximum absolute atomic E-state index is 13.1. The number of carbonyl (C=O) groups excluding carboxylic acids is 2. The number of aliphatic hydroxyl groups is 3. The molecule has 0 aliphatic carbocycles. The second-order valence-corrected chi connectivity index (χ2v) is 14.6. The van der Waals surface area contributed by atoms with Crippen LogP contribution in [-0.4, -0.2) is 119 Å². The summed E-state index contributed by atoms with van der Waals surface area (Å²) >= 11 is 0. The summed E-state index contributed by atoms with van der Waals surface area (Å²) in [6, 6.07) is 0. The Morgan fingerprint density at radius 2 is 1.91 bits per heavy atom. The predicted molar refractivity (Wildman–Crippen MR) is 173 cm³/mol. The number of quaternary nitrogens is 1. The zero-order valence-corrected chi connectivity index (χ0v) is 28.7. The van der Waals surface area contributed by atoms with Gasteiger partial charge in [0.2, 0.25) is 0 Å². The third kappa shape index (κ3) is 11.2. The first kappa shape index (κ1) is 37.2. The Labute approximate surface area is 270 Å². The van der Waals surface area contributed by atoms with Crippen molar-refractivity contribution in [2.75, 3.05) is 40.3 Å². The molecule has 3 aliphatic heterocycles. The van der Waals surface area contributed by atoms with E-state index in [2.05, 4.69) is 27.1 Å². The van der Waals surface area contributed by atoms with E-state index in [1.54, 1.807) is 17.9 Å². The molecule has 10 nitrogen and oxygen atoms in total. The number of hydrogen-bond acceptors (Lipinski definition) is 8. The van der Waals surface area contributed by atoms with Gasteiger partial charge in [-0.1, -0.05) is 52.0 Å². The molecule has 0 aromatic carbocycles. The van der Waals surface area contributed by atoms with Gasteiger partial charge in [-0.3, -0.25) is 9.69 Å². The molecule has 0 unspecified atom stereocenters. The number of hydrogen-bond donors (Lipinski definition) is 3. The van der Waals surface area contributed by atoms with Crippen molar-refractivity contribution in [2.24, 2.45) is 17.8 Å². The number of likely N-dealkylation sites (N-methyl/N-ethyl adjacent to an activating group) is 1. The van der Waals surface area contributed by atoms with Crippen LogP contribution < -0.4 is 0 Å². The van der Waals surface area contributed by atoms with E-state index < -0.39 is 36.0 Å². The number of aliphatic hydroxyl groups excluding tert-OH is 2. The summed E-state index contributed by atoms with van der Waals surface area (Å²) in [7, 11) is 4.26. The summed E-state index contributed by atoms with van der Waals surface area (Å²) in [5.74, 6) is -0.438. The number of epoxide rings is 1. The van der Waals surface area contributed by atoms with Gasteiger partial charge < -0.3 is 34.0 Å². The molecule has 2 fully saturated rings.